The molecule has 16 N–H and O–H groups in total. The number of amides is 13. The Morgan fingerprint density at radius 2 is 1.30 bits per heavy atom. The van der Waals surface area contributed by atoms with Crippen LogP contribution in [0.15, 0.2) is 108 Å². The molecule has 6 aromatic rings. The first kappa shape index (κ1) is 93.4. The minimum atomic E-state index is -2.37. The number of nitrogens with two attached hydrogens (primary N) is 1. The molecule has 0 unspecified atom stereocenters. The zero-order chi connectivity index (χ0) is 87.2. The predicted octanol–water partition coefficient (Wildman–Crippen LogP) is 1.29. The molecule has 2 heterocycles. The van der Waals surface area contributed by atoms with Gasteiger partial charge in [-0.1, -0.05) is 107 Å². The minimum Gasteiger partial charge on any atom is -0.494 e. The van der Waals surface area contributed by atoms with Crippen LogP contribution >= 0.6 is 11.8 Å². The molecule has 1 aliphatic rings. The number of azide groups is 1. The summed E-state index contributed by atoms with van der Waals surface area (Å²) in [5.74, 6) is -15.0. The number of imide groups is 1. The highest BCUT2D eigenvalue weighted by atomic mass is 32.2. The molecular formula is C80H100FN19O18S. The molecule has 7 rings (SSSR count). The number of hydrogen-bond donors (Lipinski definition) is 15. The van der Waals surface area contributed by atoms with Gasteiger partial charge in [-0.15, -0.1) is 22.0 Å². The number of nitrogens with one attached hydrogen (secondary N) is 11. The van der Waals surface area contributed by atoms with E-state index < -0.39 is 168 Å². The smallest absolute Gasteiger partial charge is 0.305 e. The van der Waals surface area contributed by atoms with E-state index in [0.29, 0.717) is 56.6 Å². The number of thioether (sulfide) groups is 1. The molecule has 0 saturated heterocycles. The second-order valence-corrected chi connectivity index (χ2v) is 30.0. The van der Waals surface area contributed by atoms with E-state index in [2.05, 4.69) is 83.8 Å². The first-order valence-electron chi connectivity index (χ1n) is 38.3. The van der Waals surface area contributed by atoms with Crippen molar-refractivity contribution in [3.8, 4) is 16.9 Å². The van der Waals surface area contributed by atoms with Gasteiger partial charge in [-0.2, -0.15) is 5.21 Å². The molecule has 0 radical (unpaired) electrons. The fraction of sp³-hybridized carbons (Fsp3) is 0.438. The number of aliphatic hydroxyl groups is 2. The molecule has 10 atom stereocenters. The summed E-state index contributed by atoms with van der Waals surface area (Å²) in [6.07, 6.45) is -3.10. The van der Waals surface area contributed by atoms with Crippen LogP contribution in [-0.4, -0.2) is 228 Å². The molecule has 0 saturated carbocycles. The molecule has 1 aromatic heterocycles. The summed E-state index contributed by atoms with van der Waals surface area (Å²) in [7, 11) is 0. The monoisotopic (exact) mass is 1670 g/mol. The van der Waals surface area contributed by atoms with Gasteiger partial charge in [0.2, 0.25) is 65.0 Å². The van der Waals surface area contributed by atoms with Crippen LogP contribution in [0.1, 0.15) is 132 Å². The van der Waals surface area contributed by atoms with Gasteiger partial charge < -0.3 is 79.0 Å². The Morgan fingerprint density at radius 3 is 1.96 bits per heavy atom. The lowest BCUT2D eigenvalue weighted by atomic mass is 9.90. The fourth-order valence-corrected chi connectivity index (χ4v) is 13.6. The minimum absolute atomic E-state index is 0.0552. The number of rotatable bonds is 47. The zero-order valence-corrected chi connectivity index (χ0v) is 67.8. The van der Waals surface area contributed by atoms with E-state index in [1.165, 1.54) is 18.2 Å². The first-order valence-corrected chi connectivity index (χ1v) is 39.5. The fourth-order valence-electron chi connectivity index (χ4n) is 12.9. The van der Waals surface area contributed by atoms with E-state index in [9.17, 15) is 82.4 Å². The quantitative estimate of drug-likeness (QED) is 0.00841. The number of aryl methyl sites for hydroxylation is 5. The van der Waals surface area contributed by atoms with Gasteiger partial charge in [-0.3, -0.25) is 72.0 Å². The van der Waals surface area contributed by atoms with Gasteiger partial charge in [-0.25, -0.2) is 4.39 Å². The standard InChI is InChI=1S/C80H100FN19O18S/c1-9-51-36-54(118-30-13-12-27-86-97-83)24-26-55(51)52-22-20-49(21-23-52)35-60(73(111)89-59(70(82)108)18-14-15-50-32-44(3)31-45(4)33-50)91-74(112)62(38-67(106)107)90-71(109)46(5)87-75(113)68(47(6)101)93-79(117)80(8,39-53-16-10-11-17-58(53)81)94-76(114)69(48(7)102)92-64(103)40-85-72(110)61(37-63-95-98-99-96-63)88-66(105)42-119-41-65(104)84-28-29-100-77(115)56-25-19-43(2)34-57(56)78(100)116/h10-11,16-17,19-26,31-34,36,46-48,59-62,68-69,101-102H,9,12-15,18,27-30,35,37-42H2,1-8H3,(H2,82,108)(H,84,104)(H,85,110)(H,87,113)(H,88,105)(H,89,111)(H,90,109)(H,91,112)(H,92,103)(H,93,117)(H,94,114)(H,106,107)(H,95,96,98,99)/t46-,47+,48+,59-,60-,61-,62-,68-,69-,80-/m0/s1. The van der Waals surface area contributed by atoms with E-state index in [1.54, 1.807) is 49.4 Å². The number of hydrogen-bond acceptors (Lipinski definition) is 22. The Morgan fingerprint density at radius 1 is 0.655 bits per heavy atom. The second-order valence-electron chi connectivity index (χ2n) is 29.0. The summed E-state index contributed by atoms with van der Waals surface area (Å²) in [5.41, 5.74) is 19.3. The van der Waals surface area contributed by atoms with Gasteiger partial charge in [0.25, 0.3) is 11.8 Å². The van der Waals surface area contributed by atoms with Crippen molar-refractivity contribution in [3.05, 3.63) is 175 Å². The van der Waals surface area contributed by atoms with Gasteiger partial charge in [-0.05, 0) is 156 Å². The van der Waals surface area contributed by atoms with Gasteiger partial charge in [0, 0.05) is 43.8 Å². The number of H-pyrrole nitrogens is 1. The highest BCUT2D eigenvalue weighted by molar-refractivity contribution is 8.00. The molecule has 119 heavy (non-hydrogen) atoms. The Kier molecular flexibility index (Phi) is 35.4. The third-order valence-corrected chi connectivity index (χ3v) is 20.0. The maximum absolute atomic E-state index is 15.5. The van der Waals surface area contributed by atoms with Crippen molar-refractivity contribution in [2.24, 2.45) is 10.8 Å². The molecule has 5 aromatic carbocycles. The third-order valence-electron chi connectivity index (χ3n) is 19.1. The number of fused-ring (bicyclic) bond motifs is 1. The molecule has 0 spiro atoms. The number of benzene rings is 5. The van der Waals surface area contributed by atoms with Crippen molar-refractivity contribution in [1.29, 1.82) is 0 Å². The highest BCUT2D eigenvalue weighted by Crippen LogP contribution is 2.30. The van der Waals surface area contributed by atoms with Crippen LogP contribution in [0.3, 0.4) is 0 Å². The molecule has 1 aliphatic heterocycles. The summed E-state index contributed by atoms with van der Waals surface area (Å²) in [6.45, 7) is 11.6. The number of carboxylic acids is 1. The van der Waals surface area contributed by atoms with Crippen molar-refractivity contribution < 1.29 is 91.6 Å². The number of aromatic nitrogens is 4. The lowest BCUT2D eigenvalue weighted by Crippen LogP contribution is -2.66. The van der Waals surface area contributed by atoms with Crippen molar-refractivity contribution in [2.75, 3.05) is 44.3 Å². The Hall–Kier alpha value is -12.7. The van der Waals surface area contributed by atoms with Crippen LogP contribution in [0, 0.1) is 26.6 Å². The molecule has 39 heteroatoms. The summed E-state index contributed by atoms with van der Waals surface area (Å²) in [4.78, 5) is 194. The molecule has 37 nitrogen and oxygen atoms in total. The number of aliphatic carboxylic acids is 1. The second kappa shape index (κ2) is 45.1. The average molecular weight is 1670 g/mol. The van der Waals surface area contributed by atoms with E-state index >= 15 is 4.39 Å². The number of unbranched alkanes of at least 4 members (excludes halogenated alkanes) is 1. The Bertz CT molecular complexity index is 4700. The molecule has 636 valence electrons. The number of halogens is 1. The summed E-state index contributed by atoms with van der Waals surface area (Å²) in [5, 5.41) is 73.1. The first-order chi connectivity index (χ1) is 56.6. The normalized spacial score (nSPS) is 14.4. The van der Waals surface area contributed by atoms with Crippen LogP contribution in [0.25, 0.3) is 21.6 Å². The molecule has 13 amide bonds. The number of primary amides is 1. The number of aliphatic hydroxyl groups excluding tert-OH is 2. The molecule has 0 fully saturated rings. The number of aromatic amines is 1. The van der Waals surface area contributed by atoms with Crippen LogP contribution in [0.4, 0.5) is 4.39 Å². The maximum atomic E-state index is 15.5. The van der Waals surface area contributed by atoms with Crippen molar-refractivity contribution in [3.63, 3.8) is 0 Å². The maximum Gasteiger partial charge on any atom is 0.305 e. The average Bonchev–Trinajstić information content (AvgIpc) is 0.901. The van der Waals surface area contributed by atoms with Crippen molar-refractivity contribution in [2.45, 2.75) is 180 Å². The van der Waals surface area contributed by atoms with Crippen LogP contribution in [-0.2, 0) is 89.6 Å². The number of carboxylic acid groups (broad SMARTS) is 1. The SMILES string of the molecule is CCc1cc(OCCCCN=[N+]=[N-])ccc1-c1ccc(C[C@H](NC(=O)[C@H](CC(=O)O)NC(=O)[C@H](C)NC(=O)[C@@H](NC(=O)[C@](C)(Cc2ccccc2F)NC(=O)[C@@H](NC(=O)CNC(=O)[C@H](Cc2nn[nH]n2)NC(=O)CSCC(=O)NCCN2C(=O)c3ccc(C)cc3C2=O)[C@@H](C)O)[C@@H](C)O)C(=O)N[C@@H](CCCc2cc(C)cc(C)c2)C(N)=O)cc1. The zero-order valence-electron chi connectivity index (χ0n) is 67.0. The summed E-state index contributed by atoms with van der Waals surface area (Å²) in [6, 6.07) is 16.6. The lowest BCUT2D eigenvalue weighted by molar-refractivity contribution is -0.142. The van der Waals surface area contributed by atoms with Crippen LogP contribution in [0.2, 0.25) is 0 Å². The highest BCUT2D eigenvalue weighted by Gasteiger charge is 2.43. The van der Waals surface area contributed by atoms with E-state index in [4.69, 9.17) is 16.0 Å². The van der Waals surface area contributed by atoms with E-state index in [-0.39, 0.29) is 66.4 Å². The number of carbonyl (C=O) groups excluding carboxylic acids is 13. The third kappa shape index (κ3) is 28.6. The predicted molar refractivity (Wildman–Crippen MR) is 431 cm³/mol. The number of ether oxygens (including phenoxy) is 1. The van der Waals surface area contributed by atoms with Crippen LogP contribution < -0.4 is 63.6 Å². The van der Waals surface area contributed by atoms with Gasteiger partial charge in [0.1, 0.15) is 59.4 Å². The Labute approximate surface area is 688 Å². The largest absolute Gasteiger partial charge is 0.494 e. The van der Waals surface area contributed by atoms with Gasteiger partial charge in [0.15, 0.2) is 5.82 Å². The molecule has 0 aliphatic carbocycles. The van der Waals surface area contributed by atoms with E-state index in [0.717, 1.165) is 89.4 Å². The van der Waals surface area contributed by atoms with Gasteiger partial charge >= 0.3 is 5.97 Å². The lowest BCUT2D eigenvalue weighted by Gasteiger charge is -2.34. The molecular weight excluding hydrogens is 1570 g/mol. The van der Waals surface area contributed by atoms with Gasteiger partial charge in [0.05, 0.1) is 54.4 Å². The summed E-state index contributed by atoms with van der Waals surface area (Å²) < 4.78 is 21.5. The Balaban J connectivity index is 0.992. The van der Waals surface area contributed by atoms with E-state index in [1.807, 2.05) is 57.2 Å². The number of tetrazole rings is 1. The van der Waals surface area contributed by atoms with Crippen molar-refractivity contribution in [1.82, 2.24) is 78.7 Å². The topological polar surface area (TPSA) is 562 Å². The number of carbonyl (C=O) groups is 14. The number of nitrogens with zero attached hydrogens (tertiary/aromatic N) is 7. The molecule has 0 bridgehead atoms. The summed E-state index contributed by atoms with van der Waals surface area (Å²) >= 11 is 0.850. The van der Waals surface area contributed by atoms with Crippen molar-refractivity contribution >= 4 is 94.5 Å². The van der Waals surface area contributed by atoms with Crippen LogP contribution in [0.5, 0.6) is 5.75 Å².